The fraction of sp³-hybridized carbons (Fsp3) is 0.500. The molecule has 0 spiro atoms. The number of carbonyl (C=O) groups is 1. The Kier molecular flexibility index (Phi) is 4.67. The Balaban J connectivity index is 2.74. The van der Waals surface area contributed by atoms with Crippen molar-refractivity contribution in [3.63, 3.8) is 0 Å². The second-order valence-electron chi connectivity index (χ2n) is 4.99. The van der Waals surface area contributed by atoms with Crippen molar-refractivity contribution in [1.29, 1.82) is 0 Å². The summed E-state index contributed by atoms with van der Waals surface area (Å²) in [5.74, 6) is 0.280. The number of rotatable bonds is 4. The van der Waals surface area contributed by atoms with E-state index in [2.05, 4.69) is 33.0 Å². The lowest BCUT2D eigenvalue weighted by Crippen LogP contribution is -2.42. The summed E-state index contributed by atoms with van der Waals surface area (Å²) in [6.07, 6.45) is 0. The van der Waals surface area contributed by atoms with Gasteiger partial charge in [0.2, 0.25) is 0 Å². The monoisotopic (exact) mass is 237 g/mol. The number of halogens is 1. The molecule has 1 aromatic rings. The van der Waals surface area contributed by atoms with Gasteiger partial charge in [-0.25, -0.2) is 4.39 Å². The van der Waals surface area contributed by atoms with Crippen LogP contribution in [0.3, 0.4) is 0 Å². The van der Waals surface area contributed by atoms with Gasteiger partial charge in [0.1, 0.15) is 5.82 Å². The Hall–Kier alpha value is -1.38. The molecule has 0 aromatic heterocycles. The van der Waals surface area contributed by atoms with Gasteiger partial charge in [0, 0.05) is 11.6 Å². The van der Waals surface area contributed by atoms with E-state index in [9.17, 15) is 9.18 Å². The molecule has 0 heterocycles. The fourth-order valence-electron chi connectivity index (χ4n) is 1.94. The van der Waals surface area contributed by atoms with Crippen LogP contribution in [0.1, 0.15) is 38.1 Å². The third-order valence-corrected chi connectivity index (χ3v) is 2.84. The SMILES string of the molecule is CC(C)C(NC(=O)c1ccc(F)cc1)C(C)C. The first-order valence-electron chi connectivity index (χ1n) is 5.98. The molecule has 1 rings (SSSR count). The highest BCUT2D eigenvalue weighted by molar-refractivity contribution is 5.94. The molecule has 1 amide bonds. The van der Waals surface area contributed by atoms with Crippen LogP contribution in [0.15, 0.2) is 24.3 Å². The Bertz CT molecular complexity index is 362. The minimum Gasteiger partial charge on any atom is -0.349 e. The van der Waals surface area contributed by atoms with Gasteiger partial charge >= 0.3 is 0 Å². The number of benzene rings is 1. The van der Waals surface area contributed by atoms with Crippen molar-refractivity contribution >= 4 is 5.91 Å². The molecule has 0 aliphatic rings. The molecule has 1 aromatic carbocycles. The molecular weight excluding hydrogens is 217 g/mol. The lowest BCUT2D eigenvalue weighted by molar-refractivity contribution is 0.0910. The lowest BCUT2D eigenvalue weighted by atomic mass is 9.93. The zero-order chi connectivity index (χ0) is 13.0. The molecule has 0 atom stereocenters. The number of carbonyl (C=O) groups excluding carboxylic acids is 1. The Labute approximate surface area is 102 Å². The third-order valence-electron chi connectivity index (χ3n) is 2.84. The van der Waals surface area contributed by atoms with E-state index in [-0.39, 0.29) is 17.8 Å². The summed E-state index contributed by atoms with van der Waals surface area (Å²) in [7, 11) is 0. The zero-order valence-electron chi connectivity index (χ0n) is 10.8. The third kappa shape index (κ3) is 3.84. The van der Waals surface area contributed by atoms with Crippen LogP contribution < -0.4 is 5.32 Å². The first-order chi connectivity index (χ1) is 7.91. The van der Waals surface area contributed by atoms with E-state index in [4.69, 9.17) is 0 Å². The summed E-state index contributed by atoms with van der Waals surface area (Å²) in [5, 5.41) is 2.99. The summed E-state index contributed by atoms with van der Waals surface area (Å²) in [5.41, 5.74) is 0.498. The van der Waals surface area contributed by atoms with Gasteiger partial charge in [0.15, 0.2) is 0 Å². The maximum absolute atomic E-state index is 12.7. The summed E-state index contributed by atoms with van der Waals surface area (Å²) < 4.78 is 12.7. The largest absolute Gasteiger partial charge is 0.349 e. The number of hydrogen-bond acceptors (Lipinski definition) is 1. The minimum atomic E-state index is -0.328. The summed E-state index contributed by atoms with van der Waals surface area (Å²) in [6.45, 7) is 8.32. The van der Waals surface area contributed by atoms with E-state index >= 15 is 0 Å². The standard InChI is InChI=1S/C14H20FNO/c1-9(2)13(10(3)4)16-14(17)11-5-7-12(15)8-6-11/h5-10,13H,1-4H3,(H,16,17). The molecule has 0 fully saturated rings. The van der Waals surface area contributed by atoms with Gasteiger partial charge in [-0.15, -0.1) is 0 Å². The Morgan fingerprint density at radius 1 is 1.06 bits per heavy atom. The molecule has 0 saturated carbocycles. The van der Waals surface area contributed by atoms with Gasteiger partial charge in [-0.1, -0.05) is 27.7 Å². The van der Waals surface area contributed by atoms with E-state index in [0.29, 0.717) is 17.4 Å². The van der Waals surface area contributed by atoms with Crippen molar-refractivity contribution in [1.82, 2.24) is 5.32 Å². The van der Waals surface area contributed by atoms with Crippen molar-refractivity contribution in [2.45, 2.75) is 33.7 Å². The topological polar surface area (TPSA) is 29.1 Å². The van der Waals surface area contributed by atoms with Gasteiger partial charge in [0.05, 0.1) is 0 Å². The highest BCUT2D eigenvalue weighted by atomic mass is 19.1. The normalized spacial score (nSPS) is 11.3. The van der Waals surface area contributed by atoms with E-state index in [1.54, 1.807) is 0 Å². The van der Waals surface area contributed by atoms with Crippen LogP contribution in [-0.4, -0.2) is 11.9 Å². The summed E-state index contributed by atoms with van der Waals surface area (Å²) in [6, 6.07) is 5.74. The molecule has 0 saturated heterocycles. The predicted octanol–water partition coefficient (Wildman–Crippen LogP) is 3.24. The van der Waals surface area contributed by atoms with Crippen molar-refractivity contribution in [2.24, 2.45) is 11.8 Å². The summed E-state index contributed by atoms with van der Waals surface area (Å²) in [4.78, 5) is 11.9. The summed E-state index contributed by atoms with van der Waals surface area (Å²) >= 11 is 0. The molecule has 2 nitrogen and oxygen atoms in total. The highest BCUT2D eigenvalue weighted by Crippen LogP contribution is 2.13. The van der Waals surface area contributed by atoms with Gasteiger partial charge in [-0.05, 0) is 36.1 Å². The van der Waals surface area contributed by atoms with Crippen LogP contribution in [0.4, 0.5) is 4.39 Å². The van der Waals surface area contributed by atoms with E-state index in [1.807, 2.05) is 0 Å². The smallest absolute Gasteiger partial charge is 0.251 e. The van der Waals surface area contributed by atoms with E-state index in [1.165, 1.54) is 24.3 Å². The van der Waals surface area contributed by atoms with Gasteiger partial charge < -0.3 is 5.32 Å². The maximum Gasteiger partial charge on any atom is 0.251 e. The molecule has 17 heavy (non-hydrogen) atoms. The molecule has 0 bridgehead atoms. The predicted molar refractivity (Wildman–Crippen MR) is 67.3 cm³/mol. The van der Waals surface area contributed by atoms with Gasteiger partial charge in [-0.2, -0.15) is 0 Å². The van der Waals surface area contributed by atoms with E-state index < -0.39 is 0 Å². The molecular formula is C14H20FNO. The number of nitrogens with one attached hydrogen (secondary N) is 1. The van der Waals surface area contributed by atoms with Crippen LogP contribution >= 0.6 is 0 Å². The second-order valence-corrected chi connectivity index (χ2v) is 4.99. The number of amides is 1. The Morgan fingerprint density at radius 3 is 1.94 bits per heavy atom. The average Bonchev–Trinajstić information content (AvgIpc) is 2.25. The van der Waals surface area contributed by atoms with E-state index in [0.717, 1.165) is 0 Å². The lowest BCUT2D eigenvalue weighted by Gasteiger charge is -2.26. The molecule has 3 heteroatoms. The molecule has 1 N–H and O–H groups in total. The first kappa shape index (κ1) is 13.7. The second kappa shape index (κ2) is 5.80. The number of hydrogen-bond donors (Lipinski definition) is 1. The molecule has 0 aliphatic heterocycles. The average molecular weight is 237 g/mol. The van der Waals surface area contributed by atoms with Gasteiger partial charge in [-0.3, -0.25) is 4.79 Å². The van der Waals surface area contributed by atoms with Crippen molar-refractivity contribution < 1.29 is 9.18 Å². The van der Waals surface area contributed by atoms with Crippen molar-refractivity contribution in [2.75, 3.05) is 0 Å². The quantitative estimate of drug-likeness (QED) is 0.855. The minimum absolute atomic E-state index is 0.132. The van der Waals surface area contributed by atoms with Gasteiger partial charge in [0.25, 0.3) is 5.91 Å². The van der Waals surface area contributed by atoms with Crippen LogP contribution in [0.5, 0.6) is 0 Å². The van der Waals surface area contributed by atoms with Crippen molar-refractivity contribution in [3.05, 3.63) is 35.6 Å². The zero-order valence-corrected chi connectivity index (χ0v) is 10.8. The molecule has 0 radical (unpaired) electrons. The Morgan fingerprint density at radius 2 is 1.53 bits per heavy atom. The van der Waals surface area contributed by atoms with Crippen LogP contribution in [-0.2, 0) is 0 Å². The van der Waals surface area contributed by atoms with Crippen LogP contribution in [0.25, 0.3) is 0 Å². The van der Waals surface area contributed by atoms with Crippen LogP contribution in [0.2, 0.25) is 0 Å². The fourth-order valence-corrected chi connectivity index (χ4v) is 1.94. The first-order valence-corrected chi connectivity index (χ1v) is 5.98. The highest BCUT2D eigenvalue weighted by Gasteiger charge is 2.20. The van der Waals surface area contributed by atoms with Crippen molar-refractivity contribution in [3.8, 4) is 0 Å². The molecule has 94 valence electrons. The molecule has 0 unspecified atom stereocenters. The van der Waals surface area contributed by atoms with Crippen LogP contribution in [0, 0.1) is 17.7 Å². The molecule has 0 aliphatic carbocycles. The maximum atomic E-state index is 12.7.